The molecule has 0 radical (unpaired) electrons. The number of aliphatic hydroxyl groups is 1. The van der Waals surface area contributed by atoms with Gasteiger partial charge < -0.3 is 14.6 Å². The second-order valence-corrected chi connectivity index (χ2v) is 5.05. The molecule has 1 aliphatic carbocycles. The van der Waals surface area contributed by atoms with Crippen LogP contribution in [0.25, 0.3) is 0 Å². The zero-order valence-corrected chi connectivity index (χ0v) is 10.5. The van der Waals surface area contributed by atoms with Gasteiger partial charge in [-0.2, -0.15) is 0 Å². The maximum atomic E-state index is 10.6. The van der Waals surface area contributed by atoms with Gasteiger partial charge in [0.15, 0.2) is 0 Å². The van der Waals surface area contributed by atoms with Crippen molar-refractivity contribution in [3.8, 4) is 0 Å². The fourth-order valence-electron chi connectivity index (χ4n) is 2.70. The van der Waals surface area contributed by atoms with Crippen LogP contribution in [0.15, 0.2) is 30.3 Å². The molecule has 1 aromatic rings. The van der Waals surface area contributed by atoms with Crippen LogP contribution in [0.3, 0.4) is 0 Å². The lowest BCUT2D eigenvalue weighted by atomic mass is 9.94. The normalized spacial score (nSPS) is 27.3. The van der Waals surface area contributed by atoms with E-state index in [0.717, 1.165) is 24.7 Å². The van der Waals surface area contributed by atoms with Crippen molar-refractivity contribution < 1.29 is 14.6 Å². The number of carbonyl (C=O) groups is 1. The van der Waals surface area contributed by atoms with Crippen LogP contribution in [0, 0.1) is 11.8 Å². The molecule has 0 saturated heterocycles. The molecule has 3 atom stereocenters. The van der Waals surface area contributed by atoms with E-state index >= 15 is 0 Å². The summed E-state index contributed by atoms with van der Waals surface area (Å²) in [7, 11) is 0. The Kier molecular flexibility index (Phi) is 4.90. The molecule has 1 saturated carbocycles. The van der Waals surface area contributed by atoms with E-state index in [9.17, 15) is 9.90 Å². The van der Waals surface area contributed by atoms with E-state index in [-0.39, 0.29) is 12.0 Å². The quantitative estimate of drug-likeness (QED) is 0.785. The molecule has 98 valence electrons. The fourth-order valence-corrected chi connectivity index (χ4v) is 2.70. The molecule has 0 spiro atoms. The van der Waals surface area contributed by atoms with Crippen LogP contribution in [0.1, 0.15) is 24.8 Å². The summed E-state index contributed by atoms with van der Waals surface area (Å²) in [5.41, 5.74) is 1.16. The predicted molar refractivity (Wildman–Crippen MR) is 69.0 cm³/mol. The van der Waals surface area contributed by atoms with Crippen LogP contribution in [-0.2, 0) is 16.1 Å². The van der Waals surface area contributed by atoms with Crippen LogP contribution >= 0.6 is 0 Å². The molecule has 1 fully saturated rings. The molecule has 0 aliphatic heterocycles. The van der Waals surface area contributed by atoms with E-state index in [1.165, 1.54) is 0 Å². The van der Waals surface area contributed by atoms with Gasteiger partial charge in [0.05, 0.1) is 19.3 Å². The van der Waals surface area contributed by atoms with Crippen LogP contribution in [-0.4, -0.2) is 24.1 Å². The Balaban J connectivity index is 1.77. The minimum atomic E-state index is -0.264. The summed E-state index contributed by atoms with van der Waals surface area (Å²) >= 11 is 0. The molecule has 3 nitrogen and oxygen atoms in total. The van der Waals surface area contributed by atoms with E-state index in [2.05, 4.69) is 0 Å². The van der Waals surface area contributed by atoms with Gasteiger partial charge in [0.2, 0.25) is 0 Å². The Hall–Kier alpha value is -1.19. The number of hydrogen-bond acceptors (Lipinski definition) is 3. The number of ether oxygens (including phenoxy) is 1. The van der Waals surface area contributed by atoms with Crippen LogP contribution in [0.2, 0.25) is 0 Å². The van der Waals surface area contributed by atoms with E-state index < -0.39 is 0 Å². The Morgan fingerprint density at radius 1 is 1.22 bits per heavy atom. The third kappa shape index (κ3) is 3.65. The first kappa shape index (κ1) is 13.2. The smallest absolute Gasteiger partial charge is 0.120 e. The van der Waals surface area contributed by atoms with E-state index in [0.29, 0.717) is 25.6 Å². The minimum Gasteiger partial charge on any atom is -0.393 e. The first-order chi connectivity index (χ1) is 8.79. The summed E-state index contributed by atoms with van der Waals surface area (Å²) < 4.78 is 5.70. The first-order valence-corrected chi connectivity index (χ1v) is 6.53. The number of aldehydes is 1. The Labute approximate surface area is 108 Å². The highest BCUT2D eigenvalue weighted by Crippen LogP contribution is 2.34. The highest BCUT2D eigenvalue weighted by molar-refractivity contribution is 5.49. The molecule has 1 aliphatic rings. The van der Waals surface area contributed by atoms with Crippen molar-refractivity contribution in [1.29, 1.82) is 0 Å². The van der Waals surface area contributed by atoms with E-state index in [1.54, 1.807) is 0 Å². The summed E-state index contributed by atoms with van der Waals surface area (Å²) in [5, 5.41) is 9.64. The summed E-state index contributed by atoms with van der Waals surface area (Å²) in [4.78, 5) is 10.6. The lowest BCUT2D eigenvalue weighted by Gasteiger charge is -2.16. The topological polar surface area (TPSA) is 46.5 Å². The molecule has 2 rings (SSSR count). The van der Waals surface area contributed by atoms with Crippen molar-refractivity contribution in [1.82, 2.24) is 0 Å². The van der Waals surface area contributed by atoms with Gasteiger partial charge in [-0.05, 0) is 30.2 Å². The first-order valence-electron chi connectivity index (χ1n) is 6.53. The lowest BCUT2D eigenvalue weighted by molar-refractivity contribution is -0.109. The fraction of sp³-hybridized carbons (Fsp3) is 0.533. The largest absolute Gasteiger partial charge is 0.393 e. The van der Waals surface area contributed by atoms with Crippen molar-refractivity contribution >= 4 is 6.29 Å². The molecule has 3 heteroatoms. The van der Waals surface area contributed by atoms with Crippen molar-refractivity contribution in [2.75, 3.05) is 6.61 Å². The molecular formula is C15H20O3. The highest BCUT2D eigenvalue weighted by Gasteiger charge is 2.32. The minimum absolute atomic E-state index is 0.264. The van der Waals surface area contributed by atoms with Crippen molar-refractivity contribution in [3.05, 3.63) is 35.9 Å². The average molecular weight is 248 g/mol. The van der Waals surface area contributed by atoms with E-state index in [4.69, 9.17) is 4.74 Å². The summed E-state index contributed by atoms with van der Waals surface area (Å²) in [6, 6.07) is 10.0. The maximum absolute atomic E-state index is 10.6. The number of carbonyl (C=O) groups excluding carboxylic acids is 1. The molecule has 0 aromatic heterocycles. The highest BCUT2D eigenvalue weighted by atomic mass is 16.5. The van der Waals surface area contributed by atoms with Crippen molar-refractivity contribution in [3.63, 3.8) is 0 Å². The molecule has 1 N–H and O–H groups in total. The second kappa shape index (κ2) is 6.66. The number of aliphatic hydroxyl groups excluding tert-OH is 1. The van der Waals surface area contributed by atoms with Gasteiger partial charge in [-0.25, -0.2) is 0 Å². The number of rotatable bonds is 6. The SMILES string of the molecule is O=CC[C@@H]1C[C@@H](O)C[C@@H]1COCc1ccccc1. The molecule has 0 heterocycles. The Bertz CT molecular complexity index is 363. The molecular weight excluding hydrogens is 228 g/mol. The van der Waals surface area contributed by atoms with E-state index in [1.807, 2.05) is 30.3 Å². The van der Waals surface area contributed by atoms with Gasteiger partial charge in [-0.1, -0.05) is 30.3 Å². The third-order valence-electron chi connectivity index (χ3n) is 3.66. The van der Waals surface area contributed by atoms with Crippen LogP contribution in [0.5, 0.6) is 0 Å². The van der Waals surface area contributed by atoms with Gasteiger partial charge in [0, 0.05) is 6.42 Å². The number of hydrogen-bond donors (Lipinski definition) is 1. The van der Waals surface area contributed by atoms with Gasteiger partial charge in [-0.15, -0.1) is 0 Å². The Morgan fingerprint density at radius 2 is 1.94 bits per heavy atom. The lowest BCUT2D eigenvalue weighted by Crippen LogP contribution is -2.15. The van der Waals surface area contributed by atoms with Gasteiger partial charge >= 0.3 is 0 Å². The Morgan fingerprint density at radius 3 is 2.67 bits per heavy atom. The van der Waals surface area contributed by atoms with Gasteiger partial charge in [-0.3, -0.25) is 0 Å². The molecule has 0 bridgehead atoms. The van der Waals surface area contributed by atoms with Gasteiger partial charge in [0.25, 0.3) is 0 Å². The summed E-state index contributed by atoms with van der Waals surface area (Å²) in [6.07, 6.45) is 2.72. The molecule has 0 unspecified atom stereocenters. The zero-order chi connectivity index (χ0) is 12.8. The maximum Gasteiger partial charge on any atom is 0.120 e. The summed E-state index contributed by atoms with van der Waals surface area (Å²) in [6.45, 7) is 1.23. The molecule has 18 heavy (non-hydrogen) atoms. The predicted octanol–water partition coefficient (Wildman–Crippen LogP) is 2.18. The zero-order valence-electron chi connectivity index (χ0n) is 10.5. The third-order valence-corrected chi connectivity index (χ3v) is 3.66. The average Bonchev–Trinajstić information content (AvgIpc) is 2.72. The molecule has 0 amide bonds. The monoisotopic (exact) mass is 248 g/mol. The van der Waals surface area contributed by atoms with Crippen LogP contribution in [0.4, 0.5) is 0 Å². The van der Waals surface area contributed by atoms with Crippen molar-refractivity contribution in [2.45, 2.75) is 32.0 Å². The molecule has 1 aromatic carbocycles. The number of benzene rings is 1. The second-order valence-electron chi connectivity index (χ2n) is 5.05. The van der Waals surface area contributed by atoms with Crippen LogP contribution < -0.4 is 0 Å². The van der Waals surface area contributed by atoms with Crippen molar-refractivity contribution in [2.24, 2.45) is 11.8 Å². The van der Waals surface area contributed by atoms with Gasteiger partial charge in [0.1, 0.15) is 6.29 Å². The summed E-state index contributed by atoms with van der Waals surface area (Å²) in [5.74, 6) is 0.599. The standard InChI is InChI=1S/C15H20O3/c16-7-6-13-8-15(17)9-14(13)11-18-10-12-4-2-1-3-5-12/h1-5,7,13-15,17H,6,8-11H2/t13-,14-,15-/m1/s1.